The van der Waals surface area contributed by atoms with Gasteiger partial charge in [0.15, 0.2) is 0 Å². The highest BCUT2D eigenvalue weighted by atomic mass is 16.5. The molecule has 2 aromatic rings. The lowest BCUT2D eigenvalue weighted by Crippen LogP contribution is -2.32. The topological polar surface area (TPSA) is 67.9 Å². The van der Waals surface area contributed by atoms with Crippen LogP contribution >= 0.6 is 0 Å². The molecule has 0 aromatic heterocycles. The molecule has 1 saturated heterocycles. The Morgan fingerprint density at radius 3 is 2.52 bits per heavy atom. The van der Waals surface area contributed by atoms with Crippen molar-refractivity contribution in [3.8, 4) is 5.75 Å². The van der Waals surface area contributed by atoms with E-state index in [0.717, 1.165) is 11.1 Å². The maximum Gasteiger partial charge on any atom is 0.227 e. The molecule has 1 fully saturated rings. The number of benzene rings is 2. The maximum absolute atomic E-state index is 12.5. The third kappa shape index (κ3) is 4.46. The molecule has 27 heavy (non-hydrogen) atoms. The number of ether oxygens (including phenoxy) is 2. The second kappa shape index (κ2) is 8.68. The second-order valence-electron chi connectivity index (χ2n) is 6.54. The minimum atomic E-state index is -0.366. The Morgan fingerprint density at radius 2 is 1.81 bits per heavy atom. The number of amides is 2. The number of nitrogens with one attached hydrogen (secondary N) is 1. The van der Waals surface area contributed by atoms with Crippen molar-refractivity contribution >= 4 is 17.5 Å². The van der Waals surface area contributed by atoms with Gasteiger partial charge >= 0.3 is 0 Å². The summed E-state index contributed by atoms with van der Waals surface area (Å²) in [7, 11) is 3.23. The van der Waals surface area contributed by atoms with Crippen LogP contribution < -0.4 is 15.0 Å². The average Bonchev–Trinajstić information content (AvgIpc) is 3.09. The van der Waals surface area contributed by atoms with E-state index in [1.807, 2.05) is 48.5 Å². The highest BCUT2D eigenvalue weighted by Gasteiger charge is 2.36. The number of methoxy groups -OCH3 is 2. The fourth-order valence-corrected chi connectivity index (χ4v) is 3.22. The van der Waals surface area contributed by atoms with Crippen LogP contribution in [-0.4, -0.2) is 32.6 Å². The molecule has 1 heterocycles. The monoisotopic (exact) mass is 368 g/mol. The standard InChI is InChI=1S/C21H24N2O4/c1-26-14-16-9-7-15(8-10-16)12-22-21(25)17-11-20(24)23(13-17)18-5-3-4-6-19(18)27-2/h3-10,17H,11-14H2,1-2H3,(H,22,25). The second-order valence-corrected chi connectivity index (χ2v) is 6.54. The normalized spacial score (nSPS) is 16.4. The molecule has 1 aliphatic rings. The minimum Gasteiger partial charge on any atom is -0.495 e. The summed E-state index contributed by atoms with van der Waals surface area (Å²) in [5, 5.41) is 2.93. The Balaban J connectivity index is 1.59. The van der Waals surface area contributed by atoms with E-state index in [1.165, 1.54) is 0 Å². The summed E-state index contributed by atoms with van der Waals surface area (Å²) in [6.07, 6.45) is 0.205. The van der Waals surface area contributed by atoms with Crippen LogP contribution in [0.15, 0.2) is 48.5 Å². The van der Waals surface area contributed by atoms with Gasteiger partial charge in [-0.25, -0.2) is 0 Å². The van der Waals surface area contributed by atoms with Crippen LogP contribution in [0.2, 0.25) is 0 Å². The largest absolute Gasteiger partial charge is 0.495 e. The van der Waals surface area contributed by atoms with Crippen molar-refractivity contribution in [3.05, 3.63) is 59.7 Å². The van der Waals surface area contributed by atoms with Gasteiger partial charge in [0.2, 0.25) is 11.8 Å². The first kappa shape index (κ1) is 18.9. The van der Waals surface area contributed by atoms with Crippen LogP contribution in [0.3, 0.4) is 0 Å². The highest BCUT2D eigenvalue weighted by Crippen LogP contribution is 2.32. The molecule has 6 heteroatoms. The lowest BCUT2D eigenvalue weighted by atomic mass is 10.1. The summed E-state index contributed by atoms with van der Waals surface area (Å²) in [5.41, 5.74) is 2.80. The highest BCUT2D eigenvalue weighted by molar-refractivity contribution is 6.01. The van der Waals surface area contributed by atoms with Crippen molar-refractivity contribution in [2.75, 3.05) is 25.7 Å². The predicted octanol–water partition coefficient (Wildman–Crippen LogP) is 2.51. The van der Waals surface area contributed by atoms with Crippen LogP contribution in [0, 0.1) is 5.92 Å². The van der Waals surface area contributed by atoms with E-state index < -0.39 is 0 Å². The zero-order chi connectivity index (χ0) is 19.2. The van der Waals surface area contributed by atoms with Gasteiger partial charge in [-0.05, 0) is 23.3 Å². The van der Waals surface area contributed by atoms with Gasteiger partial charge in [0.25, 0.3) is 0 Å². The fourth-order valence-electron chi connectivity index (χ4n) is 3.22. The molecule has 1 N–H and O–H groups in total. The van der Waals surface area contributed by atoms with Gasteiger partial charge in [-0.3, -0.25) is 9.59 Å². The molecule has 0 saturated carbocycles. The third-order valence-electron chi connectivity index (χ3n) is 4.67. The van der Waals surface area contributed by atoms with Gasteiger partial charge in [0.05, 0.1) is 25.3 Å². The number of hydrogen-bond donors (Lipinski definition) is 1. The minimum absolute atomic E-state index is 0.0661. The van der Waals surface area contributed by atoms with Crippen molar-refractivity contribution in [3.63, 3.8) is 0 Å². The van der Waals surface area contributed by atoms with Crippen molar-refractivity contribution in [2.45, 2.75) is 19.6 Å². The summed E-state index contributed by atoms with van der Waals surface area (Å²) < 4.78 is 10.4. The predicted molar refractivity (Wildman–Crippen MR) is 102 cm³/mol. The van der Waals surface area contributed by atoms with Crippen LogP contribution in [-0.2, 0) is 27.5 Å². The molecular weight excluding hydrogens is 344 g/mol. The Kier molecular flexibility index (Phi) is 6.08. The fraction of sp³-hybridized carbons (Fsp3) is 0.333. The molecule has 1 unspecified atom stereocenters. The lowest BCUT2D eigenvalue weighted by molar-refractivity contribution is -0.126. The van der Waals surface area contributed by atoms with Crippen LogP contribution in [0.4, 0.5) is 5.69 Å². The van der Waals surface area contributed by atoms with E-state index >= 15 is 0 Å². The number of para-hydroxylation sites is 2. The molecule has 0 spiro atoms. The zero-order valence-electron chi connectivity index (χ0n) is 15.6. The molecule has 6 nitrogen and oxygen atoms in total. The molecule has 0 radical (unpaired) electrons. The molecule has 2 aromatic carbocycles. The van der Waals surface area contributed by atoms with Gasteiger partial charge in [0.1, 0.15) is 5.75 Å². The molecule has 0 aliphatic carbocycles. The summed E-state index contributed by atoms with van der Waals surface area (Å²) in [5.74, 6) is 0.0866. The summed E-state index contributed by atoms with van der Waals surface area (Å²) in [4.78, 5) is 26.6. The van der Waals surface area contributed by atoms with E-state index in [0.29, 0.717) is 31.1 Å². The average molecular weight is 368 g/mol. The molecule has 142 valence electrons. The van der Waals surface area contributed by atoms with Crippen LogP contribution in [0.5, 0.6) is 5.75 Å². The summed E-state index contributed by atoms with van der Waals surface area (Å²) >= 11 is 0. The van der Waals surface area contributed by atoms with Gasteiger partial charge < -0.3 is 19.7 Å². The van der Waals surface area contributed by atoms with Crippen molar-refractivity contribution in [2.24, 2.45) is 5.92 Å². The molecule has 0 bridgehead atoms. The zero-order valence-corrected chi connectivity index (χ0v) is 15.6. The number of carbonyl (C=O) groups is 2. The van der Waals surface area contributed by atoms with Gasteiger partial charge in [0, 0.05) is 26.6 Å². The Morgan fingerprint density at radius 1 is 1.11 bits per heavy atom. The number of hydrogen-bond acceptors (Lipinski definition) is 4. The van der Waals surface area contributed by atoms with Crippen molar-refractivity contribution in [1.82, 2.24) is 5.32 Å². The number of carbonyl (C=O) groups excluding carboxylic acids is 2. The van der Waals surface area contributed by atoms with E-state index in [2.05, 4.69) is 5.32 Å². The molecule has 2 amide bonds. The van der Waals surface area contributed by atoms with Gasteiger partial charge in [-0.15, -0.1) is 0 Å². The first-order valence-corrected chi connectivity index (χ1v) is 8.90. The Hall–Kier alpha value is -2.86. The van der Waals surface area contributed by atoms with Crippen LogP contribution in [0.1, 0.15) is 17.5 Å². The van der Waals surface area contributed by atoms with Gasteiger partial charge in [-0.1, -0.05) is 36.4 Å². The summed E-state index contributed by atoms with van der Waals surface area (Å²) in [6.45, 7) is 1.36. The first-order chi connectivity index (χ1) is 13.1. The van der Waals surface area contributed by atoms with E-state index in [4.69, 9.17) is 9.47 Å². The smallest absolute Gasteiger partial charge is 0.227 e. The van der Waals surface area contributed by atoms with Gasteiger partial charge in [-0.2, -0.15) is 0 Å². The lowest BCUT2D eigenvalue weighted by Gasteiger charge is -2.19. The molecule has 1 atom stereocenters. The molecule has 1 aliphatic heterocycles. The first-order valence-electron chi connectivity index (χ1n) is 8.90. The Bertz CT molecular complexity index is 804. The maximum atomic E-state index is 12.5. The number of rotatable bonds is 7. The van der Waals surface area contributed by atoms with Crippen molar-refractivity contribution in [1.29, 1.82) is 0 Å². The Labute approximate surface area is 159 Å². The molecular formula is C21H24N2O4. The quantitative estimate of drug-likeness (QED) is 0.815. The van der Waals surface area contributed by atoms with Crippen LogP contribution in [0.25, 0.3) is 0 Å². The number of anilines is 1. The van der Waals surface area contributed by atoms with Crippen molar-refractivity contribution < 1.29 is 19.1 Å². The molecule has 3 rings (SSSR count). The van der Waals surface area contributed by atoms with E-state index in [-0.39, 0.29) is 24.2 Å². The SMILES string of the molecule is COCc1ccc(CNC(=O)C2CC(=O)N(c3ccccc3OC)C2)cc1. The number of nitrogens with zero attached hydrogens (tertiary/aromatic N) is 1. The van der Waals surface area contributed by atoms with E-state index in [1.54, 1.807) is 19.1 Å². The third-order valence-corrected chi connectivity index (χ3v) is 4.67. The summed E-state index contributed by atoms with van der Waals surface area (Å²) in [6, 6.07) is 15.2. The van der Waals surface area contributed by atoms with E-state index in [9.17, 15) is 9.59 Å².